The summed E-state index contributed by atoms with van der Waals surface area (Å²) < 4.78 is 16.2. The summed E-state index contributed by atoms with van der Waals surface area (Å²) in [6.07, 6.45) is 3.05. The molecular formula is C16H25NO3. The highest BCUT2D eigenvalue weighted by Gasteiger charge is 2.32. The Labute approximate surface area is 121 Å². The van der Waals surface area contributed by atoms with Gasteiger partial charge in [-0.1, -0.05) is 6.07 Å². The molecule has 2 atom stereocenters. The Bertz CT molecular complexity index is 439. The lowest BCUT2D eigenvalue weighted by atomic mass is 9.78. The van der Waals surface area contributed by atoms with Crippen LogP contribution in [-0.4, -0.2) is 33.0 Å². The van der Waals surface area contributed by atoms with Gasteiger partial charge in [0.2, 0.25) is 0 Å². The molecule has 2 unspecified atom stereocenters. The van der Waals surface area contributed by atoms with E-state index in [9.17, 15) is 0 Å². The number of hydrogen-bond donors (Lipinski definition) is 1. The van der Waals surface area contributed by atoms with Crippen molar-refractivity contribution in [3.05, 3.63) is 23.8 Å². The Kier molecular flexibility index (Phi) is 4.89. The highest BCUT2D eigenvalue weighted by molar-refractivity contribution is 5.43. The number of methoxy groups -OCH3 is 2. The first-order valence-electron chi connectivity index (χ1n) is 7.14. The van der Waals surface area contributed by atoms with Crippen LogP contribution in [-0.2, 0) is 11.2 Å². The average Bonchev–Trinajstić information content (AvgIpc) is 2.47. The minimum atomic E-state index is -0.264. The number of benzene rings is 1. The van der Waals surface area contributed by atoms with E-state index in [4.69, 9.17) is 19.9 Å². The molecule has 0 aliphatic carbocycles. The van der Waals surface area contributed by atoms with Crippen LogP contribution in [0.25, 0.3) is 0 Å². The predicted molar refractivity (Wildman–Crippen MR) is 79.4 cm³/mol. The summed E-state index contributed by atoms with van der Waals surface area (Å²) in [6.45, 7) is 3.74. The maximum atomic E-state index is 6.53. The monoisotopic (exact) mass is 279 g/mol. The molecule has 0 radical (unpaired) electrons. The summed E-state index contributed by atoms with van der Waals surface area (Å²) in [5, 5.41) is 0. The summed E-state index contributed by atoms with van der Waals surface area (Å²) in [5.41, 5.74) is 7.43. The topological polar surface area (TPSA) is 53.7 Å². The molecule has 4 heteroatoms. The highest BCUT2D eigenvalue weighted by Crippen LogP contribution is 2.31. The molecule has 112 valence electrons. The SMILES string of the molecule is COc1ccc(CC(C)(N)C2CCCOC2)cc1OC. The van der Waals surface area contributed by atoms with Crippen molar-refractivity contribution in [3.63, 3.8) is 0 Å². The minimum Gasteiger partial charge on any atom is -0.493 e. The quantitative estimate of drug-likeness (QED) is 0.899. The van der Waals surface area contributed by atoms with E-state index in [-0.39, 0.29) is 5.54 Å². The normalized spacial score (nSPS) is 22.1. The van der Waals surface area contributed by atoms with Crippen molar-refractivity contribution in [3.8, 4) is 11.5 Å². The second-order valence-electron chi connectivity index (χ2n) is 5.79. The molecule has 0 amide bonds. The van der Waals surface area contributed by atoms with Crippen LogP contribution < -0.4 is 15.2 Å². The van der Waals surface area contributed by atoms with Crippen molar-refractivity contribution < 1.29 is 14.2 Å². The van der Waals surface area contributed by atoms with Gasteiger partial charge in [-0.15, -0.1) is 0 Å². The molecule has 0 aromatic heterocycles. The maximum Gasteiger partial charge on any atom is 0.160 e. The first-order valence-corrected chi connectivity index (χ1v) is 7.14. The summed E-state index contributed by atoms with van der Waals surface area (Å²) in [5.74, 6) is 1.90. The molecule has 0 saturated carbocycles. The molecular weight excluding hydrogens is 254 g/mol. The van der Waals surface area contributed by atoms with Crippen LogP contribution in [0.1, 0.15) is 25.3 Å². The van der Waals surface area contributed by atoms with Crippen molar-refractivity contribution >= 4 is 0 Å². The van der Waals surface area contributed by atoms with E-state index < -0.39 is 0 Å². The molecule has 4 nitrogen and oxygen atoms in total. The maximum absolute atomic E-state index is 6.53. The molecule has 1 aliphatic heterocycles. The Morgan fingerprint density at radius 1 is 1.30 bits per heavy atom. The molecule has 1 aliphatic rings. The number of hydrogen-bond acceptors (Lipinski definition) is 4. The zero-order valence-electron chi connectivity index (χ0n) is 12.6. The van der Waals surface area contributed by atoms with Crippen LogP contribution in [0.5, 0.6) is 11.5 Å². The van der Waals surface area contributed by atoms with Crippen molar-refractivity contribution in [1.29, 1.82) is 0 Å². The number of nitrogens with two attached hydrogens (primary N) is 1. The van der Waals surface area contributed by atoms with E-state index in [1.807, 2.05) is 12.1 Å². The van der Waals surface area contributed by atoms with Crippen LogP contribution >= 0.6 is 0 Å². The van der Waals surface area contributed by atoms with Crippen LogP contribution in [0, 0.1) is 5.92 Å². The molecule has 0 spiro atoms. The fraction of sp³-hybridized carbons (Fsp3) is 0.625. The van der Waals surface area contributed by atoms with E-state index in [0.29, 0.717) is 5.92 Å². The largest absolute Gasteiger partial charge is 0.493 e. The Hall–Kier alpha value is -1.26. The second-order valence-corrected chi connectivity index (χ2v) is 5.79. The van der Waals surface area contributed by atoms with E-state index in [1.165, 1.54) is 5.56 Å². The van der Waals surface area contributed by atoms with Gasteiger partial charge in [0.1, 0.15) is 0 Å². The number of rotatable bonds is 5. The molecule has 0 bridgehead atoms. The van der Waals surface area contributed by atoms with Crippen molar-refractivity contribution in [2.24, 2.45) is 11.7 Å². The first kappa shape index (κ1) is 15.1. The van der Waals surface area contributed by atoms with Gasteiger partial charge < -0.3 is 19.9 Å². The van der Waals surface area contributed by atoms with Gasteiger partial charge in [-0.05, 0) is 43.9 Å². The second kappa shape index (κ2) is 6.46. The Balaban J connectivity index is 2.11. The molecule has 1 heterocycles. The molecule has 1 aromatic carbocycles. The molecule has 1 saturated heterocycles. The van der Waals surface area contributed by atoms with Crippen LogP contribution in [0.2, 0.25) is 0 Å². The fourth-order valence-corrected chi connectivity index (χ4v) is 2.84. The van der Waals surface area contributed by atoms with E-state index in [2.05, 4.69) is 13.0 Å². The van der Waals surface area contributed by atoms with Crippen molar-refractivity contribution in [1.82, 2.24) is 0 Å². The van der Waals surface area contributed by atoms with Gasteiger partial charge in [-0.3, -0.25) is 0 Å². The Morgan fingerprint density at radius 2 is 2.05 bits per heavy atom. The third-order valence-electron chi connectivity index (χ3n) is 4.13. The van der Waals surface area contributed by atoms with E-state index in [0.717, 1.165) is 44.0 Å². The molecule has 1 fully saturated rings. The van der Waals surface area contributed by atoms with Crippen molar-refractivity contribution in [2.45, 2.75) is 31.7 Å². The third kappa shape index (κ3) is 3.44. The summed E-state index contributed by atoms with van der Waals surface area (Å²) in [7, 11) is 3.29. The molecule has 2 N–H and O–H groups in total. The first-order chi connectivity index (χ1) is 9.56. The van der Waals surface area contributed by atoms with Gasteiger partial charge >= 0.3 is 0 Å². The fourth-order valence-electron chi connectivity index (χ4n) is 2.84. The van der Waals surface area contributed by atoms with Gasteiger partial charge in [-0.2, -0.15) is 0 Å². The van der Waals surface area contributed by atoms with Gasteiger partial charge in [0, 0.05) is 18.1 Å². The van der Waals surface area contributed by atoms with Crippen LogP contribution in [0.4, 0.5) is 0 Å². The van der Waals surface area contributed by atoms with Crippen LogP contribution in [0.3, 0.4) is 0 Å². The number of ether oxygens (including phenoxy) is 3. The van der Waals surface area contributed by atoms with Gasteiger partial charge in [0.25, 0.3) is 0 Å². The minimum absolute atomic E-state index is 0.264. The highest BCUT2D eigenvalue weighted by atomic mass is 16.5. The smallest absolute Gasteiger partial charge is 0.160 e. The molecule has 1 aromatic rings. The lowest BCUT2D eigenvalue weighted by molar-refractivity contribution is 0.0253. The zero-order valence-corrected chi connectivity index (χ0v) is 12.6. The van der Waals surface area contributed by atoms with E-state index >= 15 is 0 Å². The molecule has 2 rings (SSSR count). The average molecular weight is 279 g/mol. The van der Waals surface area contributed by atoms with Crippen molar-refractivity contribution in [2.75, 3.05) is 27.4 Å². The summed E-state index contributed by atoms with van der Waals surface area (Å²) in [4.78, 5) is 0. The lowest BCUT2D eigenvalue weighted by Crippen LogP contribution is -2.49. The lowest BCUT2D eigenvalue weighted by Gasteiger charge is -2.36. The van der Waals surface area contributed by atoms with Gasteiger partial charge in [0.05, 0.1) is 20.8 Å². The van der Waals surface area contributed by atoms with E-state index in [1.54, 1.807) is 14.2 Å². The Morgan fingerprint density at radius 3 is 2.65 bits per heavy atom. The van der Waals surface area contributed by atoms with Crippen LogP contribution in [0.15, 0.2) is 18.2 Å². The summed E-state index contributed by atoms with van der Waals surface area (Å²) >= 11 is 0. The predicted octanol–water partition coefficient (Wildman–Crippen LogP) is 2.39. The van der Waals surface area contributed by atoms with Gasteiger partial charge in [-0.25, -0.2) is 0 Å². The molecule has 20 heavy (non-hydrogen) atoms. The third-order valence-corrected chi connectivity index (χ3v) is 4.13. The zero-order chi connectivity index (χ0) is 14.6. The standard InChI is InChI=1S/C16H25NO3/c1-16(17,13-5-4-8-20-11-13)10-12-6-7-14(18-2)15(9-12)19-3/h6-7,9,13H,4-5,8,10-11,17H2,1-3H3. The van der Waals surface area contributed by atoms with Gasteiger partial charge in [0.15, 0.2) is 11.5 Å². The summed E-state index contributed by atoms with van der Waals surface area (Å²) in [6, 6.07) is 5.99.